The second-order valence-corrected chi connectivity index (χ2v) is 4.02. The van der Waals surface area contributed by atoms with Crippen molar-refractivity contribution in [3.63, 3.8) is 0 Å². The number of hydrogen-bond donors (Lipinski definition) is 2. The second-order valence-electron chi connectivity index (χ2n) is 4.02. The zero-order valence-electron chi connectivity index (χ0n) is 9.23. The Hall–Kier alpha value is -0.160. The summed E-state index contributed by atoms with van der Waals surface area (Å²) in [5.74, 6) is 0. The van der Waals surface area contributed by atoms with Gasteiger partial charge in [0.25, 0.3) is 0 Å². The third kappa shape index (κ3) is 4.57. The fraction of sp³-hybridized carbons (Fsp3) is 1.00. The molecule has 0 heterocycles. The molecule has 0 aromatic rings. The normalized spacial score (nSPS) is 19.2. The molecule has 13 heavy (non-hydrogen) atoms. The van der Waals surface area contributed by atoms with Crippen LogP contribution in [0.25, 0.3) is 0 Å². The van der Waals surface area contributed by atoms with Crippen LogP contribution in [-0.4, -0.2) is 73.0 Å². The lowest BCUT2D eigenvalue weighted by atomic mass is 10.0. The van der Waals surface area contributed by atoms with Crippen LogP contribution in [0.1, 0.15) is 6.92 Å². The summed E-state index contributed by atoms with van der Waals surface area (Å²) in [5.41, 5.74) is 0. The Balaban J connectivity index is 4.20. The van der Waals surface area contributed by atoms with Gasteiger partial charge in [-0.3, -0.25) is 0 Å². The molecule has 3 atom stereocenters. The summed E-state index contributed by atoms with van der Waals surface area (Å²) in [6, 6.07) is -0.206. The third-order valence-corrected chi connectivity index (χ3v) is 2.04. The number of nitrogens with zero attached hydrogens (tertiary/aromatic N) is 2. The van der Waals surface area contributed by atoms with Crippen LogP contribution < -0.4 is 0 Å². The van der Waals surface area contributed by atoms with Gasteiger partial charge in [0.15, 0.2) is 0 Å². The molecule has 4 nitrogen and oxygen atoms in total. The van der Waals surface area contributed by atoms with E-state index in [1.54, 1.807) is 6.92 Å². The first-order chi connectivity index (χ1) is 5.86. The Morgan fingerprint density at radius 1 is 1.08 bits per heavy atom. The fourth-order valence-corrected chi connectivity index (χ4v) is 1.58. The lowest BCUT2D eigenvalue weighted by Crippen LogP contribution is -2.50. The first-order valence-corrected chi connectivity index (χ1v) is 4.53. The van der Waals surface area contributed by atoms with E-state index in [4.69, 9.17) is 0 Å². The maximum absolute atomic E-state index is 9.78. The van der Waals surface area contributed by atoms with Crippen molar-refractivity contribution in [1.29, 1.82) is 0 Å². The third-order valence-electron chi connectivity index (χ3n) is 2.04. The molecule has 0 aliphatic carbocycles. The topological polar surface area (TPSA) is 46.9 Å². The van der Waals surface area contributed by atoms with Crippen molar-refractivity contribution >= 4 is 0 Å². The molecule has 0 rings (SSSR count). The van der Waals surface area contributed by atoms with E-state index in [2.05, 4.69) is 0 Å². The van der Waals surface area contributed by atoms with Crippen molar-refractivity contribution in [1.82, 2.24) is 9.80 Å². The molecule has 0 aliphatic rings. The summed E-state index contributed by atoms with van der Waals surface area (Å²) >= 11 is 0. The summed E-state index contributed by atoms with van der Waals surface area (Å²) in [7, 11) is 7.52. The van der Waals surface area contributed by atoms with E-state index in [0.717, 1.165) is 0 Å². The van der Waals surface area contributed by atoms with Crippen molar-refractivity contribution < 1.29 is 10.2 Å². The smallest absolute Gasteiger partial charge is 0.0846 e. The van der Waals surface area contributed by atoms with Gasteiger partial charge >= 0.3 is 0 Å². The number of rotatable bonds is 5. The predicted octanol–water partition coefficient (Wildman–Crippen LogP) is -0.780. The first kappa shape index (κ1) is 12.8. The summed E-state index contributed by atoms with van der Waals surface area (Å²) in [6.45, 7) is 2.26. The highest BCUT2D eigenvalue weighted by molar-refractivity contribution is 4.81. The molecule has 0 bridgehead atoms. The van der Waals surface area contributed by atoms with E-state index in [9.17, 15) is 10.2 Å². The predicted molar refractivity (Wildman–Crippen MR) is 53.7 cm³/mol. The van der Waals surface area contributed by atoms with E-state index in [-0.39, 0.29) is 6.04 Å². The largest absolute Gasteiger partial charge is 0.392 e. The fourth-order valence-electron chi connectivity index (χ4n) is 1.58. The average molecular weight is 190 g/mol. The summed E-state index contributed by atoms with van der Waals surface area (Å²) in [5, 5.41) is 19.2. The van der Waals surface area contributed by atoms with E-state index >= 15 is 0 Å². The van der Waals surface area contributed by atoms with Gasteiger partial charge in [-0.25, -0.2) is 0 Å². The van der Waals surface area contributed by atoms with Gasteiger partial charge in [-0.05, 0) is 35.1 Å². The minimum Gasteiger partial charge on any atom is -0.392 e. The van der Waals surface area contributed by atoms with Crippen LogP contribution in [0, 0.1) is 0 Å². The van der Waals surface area contributed by atoms with Crippen molar-refractivity contribution in [3.8, 4) is 0 Å². The van der Waals surface area contributed by atoms with Gasteiger partial charge in [0.2, 0.25) is 0 Å². The minimum absolute atomic E-state index is 0.206. The zero-order chi connectivity index (χ0) is 10.6. The van der Waals surface area contributed by atoms with E-state index in [1.165, 1.54) is 0 Å². The number of aliphatic hydroxyl groups is 2. The van der Waals surface area contributed by atoms with Crippen LogP contribution in [0.5, 0.6) is 0 Å². The Morgan fingerprint density at radius 3 is 1.77 bits per heavy atom. The molecule has 0 radical (unpaired) electrons. The van der Waals surface area contributed by atoms with E-state index in [1.807, 2.05) is 38.0 Å². The maximum atomic E-state index is 9.78. The number of hydrogen-bond acceptors (Lipinski definition) is 4. The van der Waals surface area contributed by atoms with E-state index in [0.29, 0.717) is 6.54 Å². The number of aliphatic hydroxyl groups excluding tert-OH is 2. The molecular weight excluding hydrogens is 168 g/mol. The van der Waals surface area contributed by atoms with Crippen LogP contribution in [0.3, 0.4) is 0 Å². The van der Waals surface area contributed by atoms with Crippen LogP contribution in [0.15, 0.2) is 0 Å². The van der Waals surface area contributed by atoms with Gasteiger partial charge in [-0.1, -0.05) is 0 Å². The van der Waals surface area contributed by atoms with Gasteiger partial charge in [0.05, 0.1) is 18.2 Å². The molecular formula is C9H22N2O2. The monoisotopic (exact) mass is 190 g/mol. The Morgan fingerprint density at radius 2 is 1.54 bits per heavy atom. The molecule has 0 aliphatic heterocycles. The SMILES string of the molecule is CC(O)C(C(O)CN(C)C)N(C)C. The zero-order valence-corrected chi connectivity index (χ0v) is 9.23. The molecule has 2 N–H and O–H groups in total. The van der Waals surface area contributed by atoms with Crippen molar-refractivity contribution in [2.75, 3.05) is 34.7 Å². The molecule has 3 unspecified atom stereocenters. The highest BCUT2D eigenvalue weighted by Crippen LogP contribution is 2.06. The molecule has 80 valence electrons. The lowest BCUT2D eigenvalue weighted by molar-refractivity contribution is -0.0106. The average Bonchev–Trinajstić information content (AvgIpc) is 1.81. The summed E-state index contributed by atoms with van der Waals surface area (Å²) in [4.78, 5) is 3.75. The molecule has 0 fully saturated rings. The van der Waals surface area contributed by atoms with Gasteiger partial charge in [-0.15, -0.1) is 0 Å². The molecule has 0 aromatic carbocycles. The second kappa shape index (κ2) is 5.54. The Labute approximate surface area is 80.8 Å². The quantitative estimate of drug-likeness (QED) is 0.597. The van der Waals surface area contributed by atoms with Crippen molar-refractivity contribution in [2.45, 2.75) is 25.2 Å². The molecule has 0 aromatic heterocycles. The highest BCUT2D eigenvalue weighted by Gasteiger charge is 2.26. The highest BCUT2D eigenvalue weighted by atomic mass is 16.3. The van der Waals surface area contributed by atoms with Gasteiger partial charge in [-0.2, -0.15) is 0 Å². The van der Waals surface area contributed by atoms with Crippen molar-refractivity contribution in [2.24, 2.45) is 0 Å². The van der Waals surface area contributed by atoms with Crippen LogP contribution >= 0.6 is 0 Å². The standard InChI is InChI=1S/C9H22N2O2/c1-7(12)9(11(4)5)8(13)6-10(2)3/h7-9,12-13H,6H2,1-5H3. The first-order valence-electron chi connectivity index (χ1n) is 4.53. The molecule has 0 saturated carbocycles. The van der Waals surface area contributed by atoms with Crippen LogP contribution in [0.2, 0.25) is 0 Å². The summed E-state index contributed by atoms with van der Waals surface area (Å²) < 4.78 is 0. The van der Waals surface area contributed by atoms with Crippen molar-refractivity contribution in [3.05, 3.63) is 0 Å². The van der Waals surface area contributed by atoms with Gasteiger partial charge < -0.3 is 20.0 Å². The maximum Gasteiger partial charge on any atom is 0.0846 e. The van der Waals surface area contributed by atoms with E-state index < -0.39 is 12.2 Å². The molecule has 0 spiro atoms. The molecule has 0 amide bonds. The van der Waals surface area contributed by atoms with Gasteiger partial charge in [0.1, 0.15) is 0 Å². The minimum atomic E-state index is -0.523. The Bertz CT molecular complexity index is 130. The molecule has 0 saturated heterocycles. The van der Waals surface area contributed by atoms with Gasteiger partial charge in [0, 0.05) is 6.54 Å². The Kier molecular flexibility index (Phi) is 5.48. The summed E-state index contributed by atoms with van der Waals surface area (Å²) in [6.07, 6.45) is -1.05. The van der Waals surface area contributed by atoms with Crippen LogP contribution in [-0.2, 0) is 0 Å². The lowest BCUT2D eigenvalue weighted by Gasteiger charge is -2.32. The number of likely N-dealkylation sites (N-methyl/N-ethyl adjacent to an activating group) is 2. The van der Waals surface area contributed by atoms with Crippen LogP contribution in [0.4, 0.5) is 0 Å². The molecule has 4 heteroatoms.